The van der Waals surface area contributed by atoms with Crippen molar-refractivity contribution in [2.45, 2.75) is 12.5 Å². The van der Waals surface area contributed by atoms with Gasteiger partial charge in [-0.2, -0.15) is 0 Å². The van der Waals surface area contributed by atoms with Crippen LogP contribution < -0.4 is 13.2 Å². The molecule has 0 unspecified atom stereocenters. The maximum atomic E-state index is 13.4. The van der Waals surface area contributed by atoms with Crippen LogP contribution in [0.25, 0.3) is 4.41 Å². The van der Waals surface area contributed by atoms with E-state index in [-0.39, 0.29) is 12.1 Å². The van der Waals surface area contributed by atoms with E-state index < -0.39 is 13.3 Å². The molecular weight excluding hydrogens is 551 g/mol. The van der Waals surface area contributed by atoms with Crippen LogP contribution in [-0.4, -0.2) is 36.9 Å². The molecule has 3 nitrogen and oxygen atoms in total. The number of benzene rings is 5. The molecule has 5 aromatic rings. The quantitative estimate of drug-likeness (QED) is 0.217. The van der Waals surface area contributed by atoms with Crippen LogP contribution in [0.1, 0.15) is 11.1 Å². The van der Waals surface area contributed by atoms with Crippen molar-refractivity contribution in [1.29, 1.82) is 0 Å². The summed E-state index contributed by atoms with van der Waals surface area (Å²) >= 11 is -3.67. The first-order chi connectivity index (χ1) is 19.8. The van der Waals surface area contributed by atoms with E-state index in [1.165, 1.54) is 23.2 Å². The van der Waals surface area contributed by atoms with Crippen LogP contribution in [0.15, 0.2) is 158 Å². The second kappa shape index (κ2) is 11.8. The molecule has 1 fully saturated rings. The predicted octanol–water partition coefficient (Wildman–Crippen LogP) is 5.80. The fraction of sp³-hybridized carbons (Fsp3) is 0.0833. The molecule has 0 bridgehead atoms. The van der Waals surface area contributed by atoms with Gasteiger partial charge in [0.1, 0.15) is 0 Å². The summed E-state index contributed by atoms with van der Waals surface area (Å²) in [6, 6.07) is 53.4. The molecule has 1 aliphatic heterocycles. The molecule has 6 rings (SSSR count). The van der Waals surface area contributed by atoms with Crippen LogP contribution in [0, 0.1) is 0 Å². The molecule has 4 heteroatoms. The zero-order valence-corrected chi connectivity index (χ0v) is 24.4. The molecule has 0 radical (unpaired) electrons. The number of carbonyl (C=O) groups excluding carboxylic acids is 1. The monoisotopic (exact) mass is 583 g/mol. The Morgan fingerprint density at radius 1 is 0.650 bits per heavy atom. The summed E-state index contributed by atoms with van der Waals surface area (Å²) in [5.74, 6) is 0. The molecule has 5 aromatic carbocycles. The SMILES string of the molecule is O=C1OC[C@H](Cc2ccccc2)N1/C=[C](\c1ccccc1)[Ge]([c]1ccccc1)([c]1ccccc1)[c]1ccccc1. The molecule has 0 spiro atoms. The first kappa shape index (κ1) is 25.9. The van der Waals surface area contributed by atoms with E-state index in [4.69, 9.17) is 4.74 Å². The molecule has 0 saturated carbocycles. The summed E-state index contributed by atoms with van der Waals surface area (Å²) in [5, 5.41) is 0. The Morgan fingerprint density at radius 3 is 1.55 bits per heavy atom. The number of rotatable bonds is 8. The fourth-order valence-corrected chi connectivity index (χ4v) is 16.2. The predicted molar refractivity (Wildman–Crippen MR) is 166 cm³/mol. The number of carbonyl (C=O) groups is 1. The van der Waals surface area contributed by atoms with Crippen molar-refractivity contribution in [2.24, 2.45) is 0 Å². The van der Waals surface area contributed by atoms with Gasteiger partial charge < -0.3 is 0 Å². The standard InChI is InChI=1S/C36H31GeNO2/c39-36-38(34(28-40-36)26-29-16-6-1-7-17-29)27-35(30-18-8-2-9-19-30)37(31-20-10-3-11-21-31,32-22-12-4-13-23-32)33-24-14-5-15-25-33/h1-25,27,34H,26,28H2/b35-27+/t34-/m0/s1. The van der Waals surface area contributed by atoms with E-state index in [9.17, 15) is 4.79 Å². The van der Waals surface area contributed by atoms with Crippen molar-refractivity contribution in [3.8, 4) is 0 Å². The Morgan fingerprint density at radius 2 is 1.07 bits per heavy atom. The second-order valence-electron chi connectivity index (χ2n) is 10.1. The maximum absolute atomic E-state index is 13.4. The van der Waals surface area contributed by atoms with Crippen LogP contribution in [0.4, 0.5) is 4.79 Å². The summed E-state index contributed by atoms with van der Waals surface area (Å²) in [7, 11) is 0. The zero-order valence-electron chi connectivity index (χ0n) is 22.3. The van der Waals surface area contributed by atoms with E-state index in [1.807, 2.05) is 29.2 Å². The second-order valence-corrected chi connectivity index (χ2v) is 18.0. The van der Waals surface area contributed by atoms with Gasteiger partial charge in [-0.3, -0.25) is 0 Å². The zero-order chi connectivity index (χ0) is 27.2. The third-order valence-corrected chi connectivity index (χ3v) is 17.8. The van der Waals surface area contributed by atoms with Gasteiger partial charge in [0.25, 0.3) is 0 Å². The Labute approximate surface area is 238 Å². The summed E-state index contributed by atoms with van der Waals surface area (Å²) in [4.78, 5) is 15.2. The van der Waals surface area contributed by atoms with Crippen LogP contribution in [0.3, 0.4) is 0 Å². The normalized spacial score (nSPS) is 15.6. The average molecular weight is 582 g/mol. The molecule has 1 amide bonds. The van der Waals surface area contributed by atoms with Gasteiger partial charge in [0.15, 0.2) is 0 Å². The minimum atomic E-state index is -3.67. The molecule has 0 aliphatic carbocycles. The Hall–Kier alpha value is -4.35. The van der Waals surface area contributed by atoms with Gasteiger partial charge in [-0.05, 0) is 0 Å². The van der Waals surface area contributed by atoms with Crippen molar-refractivity contribution in [1.82, 2.24) is 4.90 Å². The number of ether oxygens (including phenoxy) is 1. The molecule has 1 saturated heterocycles. The minimum absolute atomic E-state index is 0.0870. The molecule has 1 aliphatic rings. The Kier molecular flexibility index (Phi) is 7.65. The Balaban J connectivity index is 1.64. The van der Waals surface area contributed by atoms with E-state index in [0.29, 0.717) is 6.61 Å². The molecule has 40 heavy (non-hydrogen) atoms. The van der Waals surface area contributed by atoms with Gasteiger partial charge in [0.2, 0.25) is 0 Å². The van der Waals surface area contributed by atoms with E-state index in [2.05, 4.69) is 134 Å². The van der Waals surface area contributed by atoms with Gasteiger partial charge in [-0.1, -0.05) is 0 Å². The molecular formula is C36H31GeNO2. The molecule has 0 aromatic heterocycles. The van der Waals surface area contributed by atoms with Crippen molar-refractivity contribution in [3.05, 3.63) is 169 Å². The van der Waals surface area contributed by atoms with Crippen LogP contribution in [0.2, 0.25) is 0 Å². The molecule has 0 N–H and O–H groups in total. The first-order valence-electron chi connectivity index (χ1n) is 13.7. The third kappa shape index (κ3) is 5.01. The molecule has 1 heterocycles. The molecule has 196 valence electrons. The number of amides is 1. The number of hydrogen-bond donors (Lipinski definition) is 0. The Bertz CT molecular complexity index is 1480. The van der Waals surface area contributed by atoms with Crippen molar-refractivity contribution >= 4 is 37.0 Å². The van der Waals surface area contributed by atoms with Crippen LogP contribution >= 0.6 is 0 Å². The van der Waals surface area contributed by atoms with Gasteiger partial charge in [-0.15, -0.1) is 0 Å². The molecule has 1 atom stereocenters. The van der Waals surface area contributed by atoms with E-state index in [1.54, 1.807) is 0 Å². The summed E-state index contributed by atoms with van der Waals surface area (Å²) in [5.41, 5.74) is 2.31. The average Bonchev–Trinajstić information content (AvgIpc) is 3.37. The van der Waals surface area contributed by atoms with Crippen molar-refractivity contribution < 1.29 is 9.53 Å². The summed E-state index contributed by atoms with van der Waals surface area (Å²) in [6.07, 6.45) is 2.57. The fourth-order valence-electron chi connectivity index (χ4n) is 5.85. The van der Waals surface area contributed by atoms with Crippen molar-refractivity contribution in [2.75, 3.05) is 6.61 Å². The number of cyclic esters (lactones) is 1. The van der Waals surface area contributed by atoms with Crippen LogP contribution in [-0.2, 0) is 11.2 Å². The van der Waals surface area contributed by atoms with Gasteiger partial charge in [0, 0.05) is 0 Å². The number of hydrogen-bond acceptors (Lipinski definition) is 2. The van der Waals surface area contributed by atoms with E-state index in [0.717, 1.165) is 12.0 Å². The van der Waals surface area contributed by atoms with Crippen molar-refractivity contribution in [3.63, 3.8) is 0 Å². The first-order valence-corrected chi connectivity index (χ1v) is 17.9. The third-order valence-electron chi connectivity index (χ3n) is 7.69. The number of nitrogens with zero attached hydrogens (tertiary/aromatic N) is 1. The van der Waals surface area contributed by atoms with Gasteiger partial charge in [-0.25, -0.2) is 0 Å². The van der Waals surface area contributed by atoms with Crippen LogP contribution in [0.5, 0.6) is 0 Å². The van der Waals surface area contributed by atoms with E-state index >= 15 is 0 Å². The summed E-state index contributed by atoms with van der Waals surface area (Å²) < 4.78 is 10.8. The topological polar surface area (TPSA) is 29.5 Å². The van der Waals surface area contributed by atoms with Gasteiger partial charge >= 0.3 is 239 Å². The summed E-state index contributed by atoms with van der Waals surface area (Å²) in [6.45, 7) is 0.369. The van der Waals surface area contributed by atoms with Gasteiger partial charge in [0.05, 0.1) is 0 Å².